The summed E-state index contributed by atoms with van der Waals surface area (Å²) in [6.45, 7) is 4.02. The zero-order valence-electron chi connectivity index (χ0n) is 12.9. The molecule has 1 atom stereocenters. The molecule has 0 aliphatic carbocycles. The van der Waals surface area contributed by atoms with Crippen LogP contribution in [0.1, 0.15) is 20.3 Å². The zero-order valence-corrected chi connectivity index (χ0v) is 12.9. The molecule has 21 heavy (non-hydrogen) atoms. The van der Waals surface area contributed by atoms with Gasteiger partial charge in [0, 0.05) is 19.4 Å². The topological polar surface area (TPSA) is 84.4 Å². The molecule has 0 aliphatic heterocycles. The van der Waals surface area contributed by atoms with E-state index in [2.05, 4.69) is 15.3 Å². The second kappa shape index (κ2) is 8.18. The van der Waals surface area contributed by atoms with E-state index in [-0.39, 0.29) is 18.4 Å². The van der Waals surface area contributed by atoms with Gasteiger partial charge in [-0.1, -0.05) is 13.8 Å². The Labute approximate surface area is 124 Å². The van der Waals surface area contributed by atoms with Crippen LogP contribution in [0, 0.1) is 5.92 Å². The fourth-order valence-corrected chi connectivity index (χ4v) is 1.84. The number of ether oxygens (including phenoxy) is 1. The summed E-state index contributed by atoms with van der Waals surface area (Å²) in [4.78, 5) is 33.4. The highest BCUT2D eigenvalue weighted by molar-refractivity contribution is 5.86. The molecule has 7 heteroatoms. The maximum Gasteiger partial charge on any atom is 0.328 e. The van der Waals surface area contributed by atoms with Crippen molar-refractivity contribution in [3.63, 3.8) is 0 Å². The third-order valence-corrected chi connectivity index (χ3v) is 2.80. The van der Waals surface area contributed by atoms with E-state index in [0.29, 0.717) is 12.4 Å². The number of carbonyl (C=O) groups excluding carboxylic acids is 2. The second-order valence-electron chi connectivity index (χ2n) is 5.18. The van der Waals surface area contributed by atoms with Crippen molar-refractivity contribution in [3.8, 4) is 0 Å². The fourth-order valence-electron chi connectivity index (χ4n) is 1.84. The van der Waals surface area contributed by atoms with Gasteiger partial charge >= 0.3 is 5.97 Å². The summed E-state index contributed by atoms with van der Waals surface area (Å²) < 4.78 is 4.71. The Hall–Kier alpha value is -2.18. The molecule has 0 fully saturated rings. The van der Waals surface area contributed by atoms with Crippen molar-refractivity contribution in [1.29, 1.82) is 0 Å². The highest BCUT2D eigenvalue weighted by Gasteiger charge is 2.23. The van der Waals surface area contributed by atoms with Gasteiger partial charge in [0.1, 0.15) is 6.04 Å². The van der Waals surface area contributed by atoms with Gasteiger partial charge in [0.05, 0.1) is 13.7 Å². The smallest absolute Gasteiger partial charge is 0.328 e. The molecule has 1 unspecified atom stereocenters. The average Bonchev–Trinajstić information content (AvgIpc) is 2.46. The normalized spacial score (nSPS) is 11.9. The molecule has 1 N–H and O–H groups in total. The molecule has 0 aliphatic rings. The third-order valence-electron chi connectivity index (χ3n) is 2.80. The van der Waals surface area contributed by atoms with Crippen LogP contribution in [0.25, 0.3) is 0 Å². The summed E-state index contributed by atoms with van der Waals surface area (Å²) in [6, 6.07) is 1.07. The number of aromatic nitrogens is 2. The van der Waals surface area contributed by atoms with Crippen LogP contribution in [0.15, 0.2) is 18.5 Å². The quantitative estimate of drug-likeness (QED) is 0.742. The first-order valence-electron chi connectivity index (χ1n) is 6.79. The van der Waals surface area contributed by atoms with Gasteiger partial charge in [-0.15, -0.1) is 0 Å². The predicted octanol–water partition coefficient (Wildman–Crippen LogP) is 0.617. The van der Waals surface area contributed by atoms with Gasteiger partial charge in [0.2, 0.25) is 11.9 Å². The SMILES string of the molecule is COC(=O)C(CC(C)C)NC(=O)CN(C)c1ncccn1. The van der Waals surface area contributed by atoms with E-state index in [4.69, 9.17) is 4.74 Å². The summed E-state index contributed by atoms with van der Waals surface area (Å²) in [6.07, 6.45) is 3.74. The second-order valence-corrected chi connectivity index (χ2v) is 5.18. The number of nitrogens with one attached hydrogen (secondary N) is 1. The maximum atomic E-state index is 12.0. The molecule has 0 bridgehead atoms. The van der Waals surface area contributed by atoms with E-state index >= 15 is 0 Å². The van der Waals surface area contributed by atoms with Crippen LogP contribution in [-0.4, -0.2) is 48.6 Å². The fraction of sp³-hybridized carbons (Fsp3) is 0.571. The Bertz CT molecular complexity index is 465. The zero-order chi connectivity index (χ0) is 15.8. The average molecular weight is 294 g/mol. The number of esters is 1. The standard InChI is InChI=1S/C14H22N4O3/c1-10(2)8-11(13(20)21-4)17-12(19)9-18(3)14-15-6-5-7-16-14/h5-7,10-11H,8-9H2,1-4H3,(H,17,19). The summed E-state index contributed by atoms with van der Waals surface area (Å²) in [5.74, 6) is 0.00683. The van der Waals surface area contributed by atoms with Crippen LogP contribution in [-0.2, 0) is 14.3 Å². The van der Waals surface area contributed by atoms with Crippen molar-refractivity contribution in [2.45, 2.75) is 26.3 Å². The van der Waals surface area contributed by atoms with E-state index in [1.54, 1.807) is 30.4 Å². The molecule has 1 aromatic heterocycles. The molecule has 1 aromatic rings. The van der Waals surface area contributed by atoms with Crippen LogP contribution in [0.3, 0.4) is 0 Å². The number of rotatable bonds is 7. The predicted molar refractivity (Wildman–Crippen MR) is 78.7 cm³/mol. The molecular formula is C14H22N4O3. The molecule has 1 heterocycles. The van der Waals surface area contributed by atoms with Crippen molar-refractivity contribution in [3.05, 3.63) is 18.5 Å². The lowest BCUT2D eigenvalue weighted by molar-refractivity contribution is -0.145. The molecular weight excluding hydrogens is 272 g/mol. The van der Waals surface area contributed by atoms with E-state index in [1.807, 2.05) is 13.8 Å². The minimum Gasteiger partial charge on any atom is -0.467 e. The van der Waals surface area contributed by atoms with Gasteiger partial charge in [0.15, 0.2) is 0 Å². The first kappa shape index (κ1) is 16.9. The minimum atomic E-state index is -0.632. The Morgan fingerprint density at radius 2 is 1.95 bits per heavy atom. The van der Waals surface area contributed by atoms with Crippen molar-refractivity contribution in [2.75, 3.05) is 25.6 Å². The van der Waals surface area contributed by atoms with Gasteiger partial charge in [-0.25, -0.2) is 14.8 Å². The van der Waals surface area contributed by atoms with E-state index in [1.165, 1.54) is 7.11 Å². The number of nitrogens with zero attached hydrogens (tertiary/aromatic N) is 3. The number of anilines is 1. The van der Waals surface area contributed by atoms with Gasteiger partial charge in [-0.05, 0) is 18.4 Å². The van der Waals surface area contributed by atoms with Crippen LogP contribution in [0.4, 0.5) is 5.95 Å². The van der Waals surface area contributed by atoms with Gasteiger partial charge < -0.3 is 15.0 Å². The molecule has 0 saturated heterocycles. The first-order chi connectivity index (χ1) is 9.93. The van der Waals surface area contributed by atoms with E-state index in [0.717, 1.165) is 0 Å². The van der Waals surface area contributed by atoms with Crippen LogP contribution >= 0.6 is 0 Å². The summed E-state index contributed by atoms with van der Waals surface area (Å²) in [5.41, 5.74) is 0. The Morgan fingerprint density at radius 3 is 2.48 bits per heavy atom. The third kappa shape index (κ3) is 5.76. The van der Waals surface area contributed by atoms with Crippen LogP contribution < -0.4 is 10.2 Å². The number of likely N-dealkylation sites (N-methyl/N-ethyl adjacent to an activating group) is 1. The maximum absolute atomic E-state index is 12.0. The molecule has 1 amide bonds. The molecule has 0 saturated carbocycles. The lowest BCUT2D eigenvalue weighted by Gasteiger charge is -2.21. The Kier molecular flexibility index (Phi) is 6.58. The highest BCUT2D eigenvalue weighted by Crippen LogP contribution is 2.07. The lowest BCUT2D eigenvalue weighted by atomic mass is 10.0. The van der Waals surface area contributed by atoms with Crippen LogP contribution in [0.5, 0.6) is 0 Å². The first-order valence-corrected chi connectivity index (χ1v) is 6.79. The van der Waals surface area contributed by atoms with E-state index < -0.39 is 12.0 Å². The monoisotopic (exact) mass is 294 g/mol. The van der Waals surface area contributed by atoms with Gasteiger partial charge in [-0.2, -0.15) is 0 Å². The highest BCUT2D eigenvalue weighted by atomic mass is 16.5. The van der Waals surface area contributed by atoms with Gasteiger partial charge in [0.25, 0.3) is 0 Å². The lowest BCUT2D eigenvalue weighted by Crippen LogP contribution is -2.46. The van der Waals surface area contributed by atoms with Crippen molar-refractivity contribution >= 4 is 17.8 Å². The minimum absolute atomic E-state index is 0.0651. The molecule has 1 rings (SSSR count). The number of carbonyl (C=O) groups is 2. The molecule has 0 radical (unpaired) electrons. The van der Waals surface area contributed by atoms with E-state index in [9.17, 15) is 9.59 Å². The number of amides is 1. The largest absolute Gasteiger partial charge is 0.467 e. The van der Waals surface area contributed by atoms with Crippen molar-refractivity contribution < 1.29 is 14.3 Å². The number of hydrogen-bond donors (Lipinski definition) is 1. The molecule has 0 aromatic carbocycles. The number of methoxy groups -OCH3 is 1. The molecule has 0 spiro atoms. The summed E-state index contributed by atoms with van der Waals surface area (Å²) >= 11 is 0. The summed E-state index contributed by atoms with van der Waals surface area (Å²) in [7, 11) is 3.02. The Balaban J connectivity index is 2.59. The number of hydrogen-bond acceptors (Lipinski definition) is 6. The van der Waals surface area contributed by atoms with Crippen LogP contribution in [0.2, 0.25) is 0 Å². The van der Waals surface area contributed by atoms with Crippen molar-refractivity contribution in [1.82, 2.24) is 15.3 Å². The molecule has 116 valence electrons. The molecule has 7 nitrogen and oxygen atoms in total. The Morgan fingerprint density at radius 1 is 1.33 bits per heavy atom. The summed E-state index contributed by atoms with van der Waals surface area (Å²) in [5, 5.41) is 2.69. The van der Waals surface area contributed by atoms with Gasteiger partial charge in [-0.3, -0.25) is 4.79 Å². The van der Waals surface area contributed by atoms with Crippen molar-refractivity contribution in [2.24, 2.45) is 5.92 Å².